The van der Waals surface area contributed by atoms with E-state index in [0.29, 0.717) is 12.1 Å². The number of nitrogens with one attached hydrogen (secondary N) is 1. The lowest BCUT2D eigenvalue weighted by Gasteiger charge is -2.22. The third kappa shape index (κ3) is 2.99. The highest BCUT2D eigenvalue weighted by Crippen LogP contribution is 2.37. The molecule has 0 bridgehead atoms. The standard InChI is InChI=1S/C22H21FN2S/c1-22(2)13-24-21(25-22)17-11-6-12-18(23)19(17)20(26)16-10-5-8-14-7-3-4-9-15(14)16/h3-12,20,26H,13H2,1-2H3,(H,24,25). The Kier molecular flexibility index (Phi) is 4.23. The largest absolute Gasteiger partial charge is 0.363 e. The van der Waals surface area contributed by atoms with E-state index in [1.807, 2.05) is 30.3 Å². The second kappa shape index (κ2) is 6.44. The van der Waals surface area contributed by atoms with Gasteiger partial charge < -0.3 is 5.32 Å². The third-order valence-electron chi connectivity index (χ3n) is 4.79. The molecule has 0 amide bonds. The summed E-state index contributed by atoms with van der Waals surface area (Å²) in [4.78, 5) is 4.60. The summed E-state index contributed by atoms with van der Waals surface area (Å²) in [6.45, 7) is 4.85. The summed E-state index contributed by atoms with van der Waals surface area (Å²) in [6, 6.07) is 19.3. The Balaban J connectivity index is 1.85. The van der Waals surface area contributed by atoms with E-state index in [-0.39, 0.29) is 16.6 Å². The van der Waals surface area contributed by atoms with Gasteiger partial charge >= 0.3 is 0 Å². The Bertz CT molecular complexity index is 1000. The monoisotopic (exact) mass is 364 g/mol. The highest BCUT2D eigenvalue weighted by Gasteiger charge is 2.29. The lowest BCUT2D eigenvalue weighted by molar-refractivity contribution is 0.506. The topological polar surface area (TPSA) is 24.4 Å². The summed E-state index contributed by atoms with van der Waals surface area (Å²) in [5.41, 5.74) is 2.22. The van der Waals surface area contributed by atoms with Crippen molar-refractivity contribution in [2.75, 3.05) is 6.54 Å². The van der Waals surface area contributed by atoms with E-state index >= 15 is 0 Å². The molecule has 132 valence electrons. The summed E-state index contributed by atoms with van der Waals surface area (Å²) >= 11 is 4.84. The van der Waals surface area contributed by atoms with Crippen molar-refractivity contribution in [3.63, 3.8) is 0 Å². The van der Waals surface area contributed by atoms with Crippen molar-refractivity contribution in [3.05, 3.63) is 83.2 Å². The zero-order valence-corrected chi connectivity index (χ0v) is 15.7. The zero-order valence-electron chi connectivity index (χ0n) is 14.8. The first kappa shape index (κ1) is 17.1. The quantitative estimate of drug-likeness (QED) is 0.619. The summed E-state index contributed by atoms with van der Waals surface area (Å²) in [6.07, 6.45) is 0. The minimum absolute atomic E-state index is 0.121. The van der Waals surface area contributed by atoms with Gasteiger partial charge in [-0.15, -0.1) is 0 Å². The molecular formula is C22H21FN2S. The Hall–Kier alpha value is -2.33. The van der Waals surface area contributed by atoms with E-state index in [1.165, 1.54) is 6.07 Å². The van der Waals surface area contributed by atoms with Crippen LogP contribution < -0.4 is 5.32 Å². The van der Waals surface area contributed by atoms with Gasteiger partial charge in [-0.1, -0.05) is 54.6 Å². The molecule has 0 saturated heterocycles. The number of benzene rings is 3. The van der Waals surface area contributed by atoms with E-state index < -0.39 is 0 Å². The fourth-order valence-corrected chi connectivity index (χ4v) is 3.98. The van der Waals surface area contributed by atoms with Crippen LogP contribution in [0.3, 0.4) is 0 Å². The number of aliphatic imine (C=N–C) groups is 1. The van der Waals surface area contributed by atoms with Gasteiger partial charge in [0.05, 0.1) is 17.3 Å². The second-order valence-electron chi connectivity index (χ2n) is 7.35. The molecule has 0 radical (unpaired) electrons. The lowest BCUT2D eigenvalue weighted by atomic mass is 9.94. The van der Waals surface area contributed by atoms with Gasteiger partial charge in [-0.25, -0.2) is 4.39 Å². The zero-order chi connectivity index (χ0) is 18.3. The molecule has 0 spiro atoms. The van der Waals surface area contributed by atoms with Crippen molar-refractivity contribution in [2.24, 2.45) is 4.99 Å². The molecule has 4 rings (SSSR count). The van der Waals surface area contributed by atoms with Gasteiger partial charge in [0.2, 0.25) is 0 Å². The van der Waals surface area contributed by atoms with E-state index in [2.05, 4.69) is 42.4 Å². The van der Waals surface area contributed by atoms with E-state index in [1.54, 1.807) is 6.07 Å². The molecule has 0 aliphatic carbocycles. The van der Waals surface area contributed by atoms with Gasteiger partial charge in [0.15, 0.2) is 0 Å². The maximum absolute atomic E-state index is 14.9. The minimum Gasteiger partial charge on any atom is -0.363 e. The first-order chi connectivity index (χ1) is 12.5. The van der Waals surface area contributed by atoms with Gasteiger partial charge in [-0.3, -0.25) is 4.99 Å². The molecule has 2 nitrogen and oxygen atoms in total. The molecule has 1 aliphatic rings. The number of hydrogen-bond donors (Lipinski definition) is 2. The first-order valence-corrected chi connectivity index (χ1v) is 9.25. The van der Waals surface area contributed by atoms with Crippen molar-refractivity contribution in [2.45, 2.75) is 24.6 Å². The summed E-state index contributed by atoms with van der Waals surface area (Å²) in [5.74, 6) is 0.480. The summed E-state index contributed by atoms with van der Waals surface area (Å²) in [5, 5.41) is 5.24. The Morgan fingerprint density at radius 2 is 1.77 bits per heavy atom. The first-order valence-electron chi connectivity index (χ1n) is 8.73. The number of rotatable bonds is 3. The number of amidine groups is 1. The number of fused-ring (bicyclic) bond motifs is 1. The van der Waals surface area contributed by atoms with E-state index in [0.717, 1.165) is 27.7 Å². The summed E-state index contributed by atoms with van der Waals surface area (Å²) in [7, 11) is 0. The van der Waals surface area contributed by atoms with Gasteiger partial charge in [0.1, 0.15) is 11.7 Å². The van der Waals surface area contributed by atoms with Crippen LogP contribution in [0, 0.1) is 5.82 Å². The fourth-order valence-electron chi connectivity index (χ4n) is 3.49. The summed E-state index contributed by atoms with van der Waals surface area (Å²) < 4.78 is 14.9. The normalized spacial score (nSPS) is 17.0. The van der Waals surface area contributed by atoms with Crippen LogP contribution in [-0.4, -0.2) is 17.9 Å². The van der Waals surface area contributed by atoms with Crippen LogP contribution in [0.15, 0.2) is 65.7 Å². The molecule has 1 unspecified atom stereocenters. The van der Waals surface area contributed by atoms with E-state index in [4.69, 9.17) is 12.6 Å². The highest BCUT2D eigenvalue weighted by atomic mass is 32.1. The second-order valence-corrected chi connectivity index (χ2v) is 7.86. The predicted octanol–water partition coefficient (Wildman–Crippen LogP) is 5.13. The SMILES string of the molecule is CC1(C)CN=C(c2cccc(F)c2C(S)c2cccc3ccccc23)N1. The molecule has 3 aromatic carbocycles. The van der Waals surface area contributed by atoms with Gasteiger partial charge in [0.25, 0.3) is 0 Å². The van der Waals surface area contributed by atoms with Gasteiger partial charge in [-0.05, 0) is 36.2 Å². The molecule has 0 fully saturated rings. The van der Waals surface area contributed by atoms with Crippen molar-refractivity contribution >= 4 is 29.2 Å². The fraction of sp³-hybridized carbons (Fsp3) is 0.227. The van der Waals surface area contributed by atoms with Crippen LogP contribution >= 0.6 is 12.6 Å². The average molecular weight is 364 g/mol. The maximum atomic E-state index is 14.9. The number of halogens is 1. The predicted molar refractivity (Wildman–Crippen MR) is 110 cm³/mol. The molecule has 1 heterocycles. The van der Waals surface area contributed by atoms with Crippen molar-refractivity contribution in [3.8, 4) is 0 Å². The van der Waals surface area contributed by atoms with Crippen molar-refractivity contribution < 1.29 is 4.39 Å². The molecule has 1 aliphatic heterocycles. The number of thiol groups is 1. The molecule has 0 aromatic heterocycles. The molecule has 26 heavy (non-hydrogen) atoms. The highest BCUT2D eigenvalue weighted by molar-refractivity contribution is 7.80. The van der Waals surface area contributed by atoms with Gasteiger partial charge in [-0.2, -0.15) is 12.6 Å². The van der Waals surface area contributed by atoms with Crippen LogP contribution in [0.2, 0.25) is 0 Å². The van der Waals surface area contributed by atoms with Crippen molar-refractivity contribution in [1.29, 1.82) is 0 Å². The molecule has 3 aromatic rings. The maximum Gasteiger partial charge on any atom is 0.129 e. The molecule has 1 atom stereocenters. The Morgan fingerprint density at radius 3 is 2.54 bits per heavy atom. The Morgan fingerprint density at radius 1 is 1.04 bits per heavy atom. The molecular weight excluding hydrogens is 343 g/mol. The van der Waals surface area contributed by atoms with E-state index in [9.17, 15) is 4.39 Å². The smallest absolute Gasteiger partial charge is 0.129 e. The molecule has 0 saturated carbocycles. The van der Waals surface area contributed by atoms with Crippen molar-refractivity contribution in [1.82, 2.24) is 5.32 Å². The minimum atomic E-state index is -0.384. The number of hydrogen-bond acceptors (Lipinski definition) is 3. The third-order valence-corrected chi connectivity index (χ3v) is 5.33. The number of nitrogens with zero attached hydrogens (tertiary/aromatic N) is 1. The van der Waals surface area contributed by atoms with Crippen LogP contribution in [0.25, 0.3) is 10.8 Å². The Labute approximate surface area is 158 Å². The average Bonchev–Trinajstić information content (AvgIpc) is 3.00. The van der Waals surface area contributed by atoms with Crippen LogP contribution in [0.4, 0.5) is 4.39 Å². The van der Waals surface area contributed by atoms with Crippen LogP contribution in [-0.2, 0) is 0 Å². The molecule has 1 N–H and O–H groups in total. The van der Waals surface area contributed by atoms with Crippen LogP contribution in [0.5, 0.6) is 0 Å². The van der Waals surface area contributed by atoms with Gasteiger partial charge in [0, 0.05) is 11.1 Å². The lowest BCUT2D eigenvalue weighted by Crippen LogP contribution is -2.40. The van der Waals surface area contributed by atoms with Crippen LogP contribution in [0.1, 0.15) is 35.8 Å². The molecule has 4 heteroatoms.